The van der Waals surface area contributed by atoms with Crippen molar-refractivity contribution in [1.29, 1.82) is 0 Å². The summed E-state index contributed by atoms with van der Waals surface area (Å²) in [5.74, 6) is 6.10. The Morgan fingerprint density at radius 1 is 1.37 bits per heavy atom. The fourth-order valence-electron chi connectivity index (χ4n) is 2.23. The minimum absolute atomic E-state index is 0.0152. The summed E-state index contributed by atoms with van der Waals surface area (Å²) in [6.45, 7) is 0. The van der Waals surface area contributed by atoms with Crippen molar-refractivity contribution in [3.63, 3.8) is 0 Å². The van der Waals surface area contributed by atoms with Crippen LogP contribution in [0.25, 0.3) is 11.0 Å². The standard InChI is InChI=1S/C14H13N3O2/c1-17(11-5-3-2-4-6-11)14(18)10-7-8-12-13(9-10)16-19-15-12/h7-9,11H,3,5-6H2,1H3. The van der Waals surface area contributed by atoms with Crippen LogP contribution in [-0.4, -0.2) is 34.2 Å². The summed E-state index contributed by atoms with van der Waals surface area (Å²) in [6.07, 6.45) is 2.54. The molecular formula is C14H13N3O2. The Labute approximate surface area is 110 Å². The van der Waals surface area contributed by atoms with E-state index in [0.717, 1.165) is 19.3 Å². The molecule has 1 amide bonds. The van der Waals surface area contributed by atoms with Crippen LogP contribution in [-0.2, 0) is 0 Å². The van der Waals surface area contributed by atoms with Crippen molar-refractivity contribution in [2.75, 3.05) is 7.05 Å². The molecule has 1 aliphatic carbocycles. The van der Waals surface area contributed by atoms with Gasteiger partial charge in [-0.05, 0) is 34.9 Å². The summed E-state index contributed by atoms with van der Waals surface area (Å²) < 4.78 is 4.63. The molecule has 0 fully saturated rings. The Morgan fingerprint density at radius 3 is 3.00 bits per heavy atom. The fraction of sp³-hybridized carbons (Fsp3) is 0.357. The first-order valence-corrected chi connectivity index (χ1v) is 6.21. The molecule has 0 saturated heterocycles. The first-order valence-electron chi connectivity index (χ1n) is 6.21. The number of carbonyl (C=O) groups is 1. The SMILES string of the molecule is CN(C(=O)c1ccc2nonc2c1)C1CC#CCC1. The third-order valence-electron chi connectivity index (χ3n) is 3.43. The van der Waals surface area contributed by atoms with Gasteiger partial charge in [-0.15, -0.1) is 11.8 Å². The van der Waals surface area contributed by atoms with Crippen molar-refractivity contribution in [3.05, 3.63) is 23.8 Å². The molecule has 96 valence electrons. The van der Waals surface area contributed by atoms with Crippen LogP contribution in [0.4, 0.5) is 0 Å². The average Bonchev–Trinajstić information content (AvgIpc) is 2.94. The van der Waals surface area contributed by atoms with Gasteiger partial charge in [0.15, 0.2) is 0 Å². The third-order valence-corrected chi connectivity index (χ3v) is 3.43. The molecule has 0 N–H and O–H groups in total. The molecule has 1 atom stereocenters. The van der Waals surface area contributed by atoms with E-state index in [1.54, 1.807) is 23.1 Å². The topological polar surface area (TPSA) is 59.2 Å². The number of carbonyl (C=O) groups excluding carboxylic acids is 1. The van der Waals surface area contributed by atoms with Crippen LogP contribution in [0.15, 0.2) is 22.8 Å². The smallest absolute Gasteiger partial charge is 0.253 e. The Balaban J connectivity index is 1.84. The molecule has 5 heteroatoms. The number of hydrogen-bond acceptors (Lipinski definition) is 4. The van der Waals surface area contributed by atoms with Gasteiger partial charge >= 0.3 is 0 Å². The molecule has 0 spiro atoms. The lowest BCUT2D eigenvalue weighted by atomic mass is 10.0. The van der Waals surface area contributed by atoms with E-state index in [4.69, 9.17) is 0 Å². The van der Waals surface area contributed by atoms with Gasteiger partial charge in [-0.1, -0.05) is 0 Å². The highest BCUT2D eigenvalue weighted by Crippen LogP contribution is 2.17. The second kappa shape index (κ2) is 4.73. The Bertz CT molecular complexity index is 681. The van der Waals surface area contributed by atoms with Crippen LogP contribution in [0, 0.1) is 11.8 Å². The van der Waals surface area contributed by atoms with E-state index in [0.29, 0.717) is 16.6 Å². The van der Waals surface area contributed by atoms with Gasteiger partial charge in [-0.25, -0.2) is 4.63 Å². The molecule has 1 heterocycles. The molecule has 3 rings (SSSR count). The monoisotopic (exact) mass is 255 g/mol. The van der Waals surface area contributed by atoms with Crippen LogP contribution in [0.3, 0.4) is 0 Å². The third kappa shape index (κ3) is 2.17. The molecule has 5 nitrogen and oxygen atoms in total. The van der Waals surface area contributed by atoms with E-state index in [2.05, 4.69) is 26.8 Å². The minimum atomic E-state index is -0.0152. The second-order valence-electron chi connectivity index (χ2n) is 4.63. The zero-order valence-electron chi connectivity index (χ0n) is 10.6. The highest BCUT2D eigenvalue weighted by Gasteiger charge is 2.21. The number of nitrogens with zero attached hydrogens (tertiary/aromatic N) is 3. The molecule has 0 bridgehead atoms. The number of benzene rings is 1. The van der Waals surface area contributed by atoms with E-state index in [1.165, 1.54) is 0 Å². The van der Waals surface area contributed by atoms with E-state index < -0.39 is 0 Å². The van der Waals surface area contributed by atoms with Crippen LogP contribution < -0.4 is 0 Å². The van der Waals surface area contributed by atoms with Gasteiger partial charge in [0.05, 0.1) is 0 Å². The maximum atomic E-state index is 12.4. The van der Waals surface area contributed by atoms with E-state index >= 15 is 0 Å². The van der Waals surface area contributed by atoms with Gasteiger partial charge in [0.25, 0.3) is 5.91 Å². The zero-order chi connectivity index (χ0) is 13.2. The molecule has 1 aliphatic rings. The van der Waals surface area contributed by atoms with Crippen molar-refractivity contribution >= 4 is 16.9 Å². The summed E-state index contributed by atoms with van der Waals surface area (Å²) in [6, 6.07) is 5.40. The van der Waals surface area contributed by atoms with Crippen molar-refractivity contribution in [3.8, 4) is 11.8 Å². The maximum Gasteiger partial charge on any atom is 0.253 e. The minimum Gasteiger partial charge on any atom is -0.338 e. The molecule has 1 unspecified atom stereocenters. The molecule has 1 aromatic carbocycles. The lowest BCUT2D eigenvalue weighted by Gasteiger charge is -2.27. The van der Waals surface area contributed by atoms with Crippen molar-refractivity contribution < 1.29 is 9.42 Å². The van der Waals surface area contributed by atoms with Gasteiger partial charge in [0, 0.05) is 31.5 Å². The number of aromatic nitrogens is 2. The summed E-state index contributed by atoms with van der Waals surface area (Å²) >= 11 is 0. The molecule has 19 heavy (non-hydrogen) atoms. The zero-order valence-corrected chi connectivity index (χ0v) is 10.6. The quantitative estimate of drug-likeness (QED) is 0.768. The molecule has 1 aromatic heterocycles. The lowest BCUT2D eigenvalue weighted by molar-refractivity contribution is 0.0726. The van der Waals surface area contributed by atoms with Gasteiger partial charge in [0.1, 0.15) is 11.0 Å². The van der Waals surface area contributed by atoms with Crippen molar-refractivity contribution in [2.45, 2.75) is 25.3 Å². The first kappa shape index (κ1) is 11.7. The second-order valence-corrected chi connectivity index (χ2v) is 4.63. The molecular weight excluding hydrogens is 242 g/mol. The van der Waals surface area contributed by atoms with Crippen molar-refractivity contribution in [1.82, 2.24) is 15.2 Å². The van der Waals surface area contributed by atoms with E-state index in [9.17, 15) is 4.79 Å². The van der Waals surface area contributed by atoms with Gasteiger partial charge in [0.2, 0.25) is 0 Å². The van der Waals surface area contributed by atoms with Gasteiger partial charge in [-0.2, -0.15) is 0 Å². The van der Waals surface area contributed by atoms with Crippen LogP contribution in [0.2, 0.25) is 0 Å². The van der Waals surface area contributed by atoms with Crippen LogP contribution in [0.1, 0.15) is 29.6 Å². The Kier molecular flexibility index (Phi) is 2.92. The highest BCUT2D eigenvalue weighted by molar-refractivity contribution is 5.97. The van der Waals surface area contributed by atoms with E-state index in [1.807, 2.05) is 7.05 Å². The molecule has 0 saturated carbocycles. The molecule has 2 aromatic rings. The van der Waals surface area contributed by atoms with Gasteiger partial charge < -0.3 is 4.90 Å². The first-order chi connectivity index (χ1) is 9.25. The molecule has 0 radical (unpaired) electrons. The summed E-state index contributed by atoms with van der Waals surface area (Å²) in [5.41, 5.74) is 1.86. The average molecular weight is 255 g/mol. The number of rotatable bonds is 2. The summed E-state index contributed by atoms with van der Waals surface area (Å²) in [4.78, 5) is 14.2. The summed E-state index contributed by atoms with van der Waals surface area (Å²) in [7, 11) is 1.82. The predicted molar refractivity (Wildman–Crippen MR) is 69.3 cm³/mol. The van der Waals surface area contributed by atoms with Crippen LogP contribution >= 0.6 is 0 Å². The number of fused-ring (bicyclic) bond motifs is 1. The highest BCUT2D eigenvalue weighted by atomic mass is 16.6. The predicted octanol–water partition coefficient (Wildman–Crippen LogP) is 1.85. The number of hydrogen-bond donors (Lipinski definition) is 0. The maximum absolute atomic E-state index is 12.4. The molecule has 0 aliphatic heterocycles. The van der Waals surface area contributed by atoms with Crippen molar-refractivity contribution in [2.24, 2.45) is 0 Å². The normalized spacial score (nSPS) is 17.8. The Hall–Kier alpha value is -2.35. The van der Waals surface area contributed by atoms with E-state index in [-0.39, 0.29) is 11.9 Å². The number of amides is 1. The Morgan fingerprint density at radius 2 is 2.21 bits per heavy atom. The fourth-order valence-corrected chi connectivity index (χ4v) is 2.23. The summed E-state index contributed by atoms with van der Waals surface area (Å²) in [5, 5.41) is 7.48. The lowest BCUT2D eigenvalue weighted by Crippen LogP contribution is -2.37. The largest absolute Gasteiger partial charge is 0.338 e. The van der Waals surface area contributed by atoms with Crippen LogP contribution in [0.5, 0.6) is 0 Å². The van der Waals surface area contributed by atoms with Gasteiger partial charge in [-0.3, -0.25) is 4.79 Å².